The molecule has 0 heterocycles. The number of hydrogen-bond acceptors (Lipinski definition) is 2. The molecule has 0 radical (unpaired) electrons. The number of unbranched alkanes of at least 4 members (excludes halogenated alkanes) is 1. The fourth-order valence-electron chi connectivity index (χ4n) is 0.704. The van der Waals surface area contributed by atoms with Crippen molar-refractivity contribution < 1.29 is 14.0 Å². The molecule has 15 heavy (non-hydrogen) atoms. The van der Waals surface area contributed by atoms with Crippen LogP contribution in [0.3, 0.4) is 0 Å². The van der Waals surface area contributed by atoms with Crippen LogP contribution in [0, 0.1) is 0 Å². The number of benzene rings is 1. The molecular formula is C11H18O3P+. The van der Waals surface area contributed by atoms with Crippen molar-refractivity contribution in [3.05, 3.63) is 35.9 Å². The summed E-state index contributed by atoms with van der Waals surface area (Å²) in [7, 11) is -2.47. The molecule has 3 nitrogen and oxygen atoms in total. The predicted octanol–water partition coefficient (Wildman–Crippen LogP) is 3.66. The van der Waals surface area contributed by atoms with Crippen LogP contribution in [0.5, 0.6) is 0 Å². The van der Waals surface area contributed by atoms with Crippen molar-refractivity contribution in [2.24, 2.45) is 0 Å². The molecule has 0 fully saturated rings. The largest absolute Gasteiger partial charge is 0.695 e. The molecule has 0 aliphatic heterocycles. The molecule has 0 aromatic heterocycles. The lowest BCUT2D eigenvalue weighted by Gasteiger charge is -1.90. The van der Waals surface area contributed by atoms with E-state index in [0.29, 0.717) is 0 Å². The molecule has 1 atom stereocenters. The predicted molar refractivity (Wildman–Crippen MR) is 61.6 cm³/mol. The Balaban J connectivity index is 0.000000423. The molecule has 1 aromatic carbocycles. The molecule has 0 aliphatic rings. The molecule has 0 bridgehead atoms. The molecule has 1 unspecified atom stereocenters. The van der Waals surface area contributed by atoms with Crippen molar-refractivity contribution in [1.29, 1.82) is 0 Å². The van der Waals surface area contributed by atoms with Gasteiger partial charge in [-0.1, -0.05) is 57.0 Å². The Hall–Kier alpha value is -0.760. The van der Waals surface area contributed by atoms with E-state index in [1.54, 1.807) is 0 Å². The molecular weight excluding hydrogens is 211 g/mol. The van der Waals surface area contributed by atoms with Gasteiger partial charge in [-0.2, -0.15) is 0 Å². The summed E-state index contributed by atoms with van der Waals surface area (Å²) in [4.78, 5) is 8.30. The van der Waals surface area contributed by atoms with Gasteiger partial charge in [0.05, 0.1) is 0 Å². The maximum Gasteiger partial charge on any atom is 0.695 e. The Morgan fingerprint density at radius 3 is 2.13 bits per heavy atom. The van der Waals surface area contributed by atoms with E-state index in [4.69, 9.17) is 4.89 Å². The Kier molecular flexibility index (Phi) is 9.29. The van der Waals surface area contributed by atoms with Crippen LogP contribution in [0.25, 0.3) is 0 Å². The van der Waals surface area contributed by atoms with Gasteiger partial charge in [0.25, 0.3) is 0 Å². The Morgan fingerprint density at radius 2 is 1.73 bits per heavy atom. The Morgan fingerprint density at radius 1 is 1.20 bits per heavy atom. The lowest BCUT2D eigenvalue weighted by molar-refractivity contribution is 0.272. The standard InChI is InChI=1S/C7H7O3P.C4H10/c8-11(9)10-6-7-4-2-1-3-5-7;1-3-4-2/h1-5H,6H2;3-4H2,1-2H3/p+1. The molecule has 0 amide bonds. The number of rotatable bonds is 4. The normalized spacial score (nSPS) is 10.2. The van der Waals surface area contributed by atoms with E-state index in [1.807, 2.05) is 30.3 Å². The topological polar surface area (TPSA) is 46.5 Å². The van der Waals surface area contributed by atoms with Crippen molar-refractivity contribution in [2.45, 2.75) is 33.3 Å². The van der Waals surface area contributed by atoms with Gasteiger partial charge < -0.3 is 0 Å². The van der Waals surface area contributed by atoms with E-state index in [-0.39, 0.29) is 6.61 Å². The minimum Gasteiger partial charge on any atom is -0.133 e. The van der Waals surface area contributed by atoms with Gasteiger partial charge in [-0.3, -0.25) is 0 Å². The van der Waals surface area contributed by atoms with E-state index in [9.17, 15) is 4.57 Å². The molecule has 0 saturated heterocycles. The summed E-state index contributed by atoms with van der Waals surface area (Å²) in [6.45, 7) is 4.55. The molecule has 4 heteroatoms. The molecule has 1 aromatic rings. The lowest BCUT2D eigenvalue weighted by atomic mass is 10.2. The molecule has 0 spiro atoms. The third-order valence-corrected chi connectivity index (χ3v) is 2.03. The second-order valence-electron chi connectivity index (χ2n) is 3.00. The van der Waals surface area contributed by atoms with E-state index in [1.165, 1.54) is 12.8 Å². The third-order valence-electron chi connectivity index (χ3n) is 1.68. The quantitative estimate of drug-likeness (QED) is 0.801. The summed E-state index contributed by atoms with van der Waals surface area (Å²) in [5, 5.41) is 0. The Labute approximate surface area is 92.0 Å². The van der Waals surface area contributed by atoms with Gasteiger partial charge >= 0.3 is 8.25 Å². The average Bonchev–Trinajstić information content (AvgIpc) is 2.28. The highest BCUT2D eigenvalue weighted by molar-refractivity contribution is 7.32. The van der Waals surface area contributed by atoms with Crippen LogP contribution in [0.15, 0.2) is 30.3 Å². The van der Waals surface area contributed by atoms with E-state index < -0.39 is 8.25 Å². The zero-order valence-corrected chi connectivity index (χ0v) is 10.1. The summed E-state index contributed by atoms with van der Waals surface area (Å²) in [5.74, 6) is 0. The van der Waals surface area contributed by atoms with Crippen LogP contribution in [0.4, 0.5) is 0 Å². The van der Waals surface area contributed by atoms with Crippen LogP contribution in [0.2, 0.25) is 0 Å². The van der Waals surface area contributed by atoms with Crippen LogP contribution in [-0.4, -0.2) is 4.89 Å². The van der Waals surface area contributed by atoms with Crippen LogP contribution in [-0.2, 0) is 15.7 Å². The van der Waals surface area contributed by atoms with Crippen LogP contribution >= 0.6 is 8.25 Å². The first-order valence-electron chi connectivity index (χ1n) is 5.03. The van der Waals surface area contributed by atoms with Crippen molar-refractivity contribution >= 4 is 8.25 Å². The summed E-state index contributed by atoms with van der Waals surface area (Å²) in [6.07, 6.45) is 2.64. The maximum absolute atomic E-state index is 10.1. The van der Waals surface area contributed by atoms with Crippen molar-refractivity contribution in [3.8, 4) is 0 Å². The van der Waals surface area contributed by atoms with Gasteiger partial charge in [0.15, 0.2) is 0 Å². The van der Waals surface area contributed by atoms with Crippen molar-refractivity contribution in [3.63, 3.8) is 0 Å². The Bertz CT molecular complexity index is 260. The van der Waals surface area contributed by atoms with Gasteiger partial charge in [-0.15, -0.1) is 9.42 Å². The molecule has 0 aliphatic carbocycles. The second kappa shape index (κ2) is 9.78. The zero-order valence-electron chi connectivity index (χ0n) is 9.22. The summed E-state index contributed by atoms with van der Waals surface area (Å²) < 4.78 is 14.6. The molecule has 1 N–H and O–H groups in total. The lowest BCUT2D eigenvalue weighted by Crippen LogP contribution is -1.83. The fraction of sp³-hybridized carbons (Fsp3) is 0.455. The van der Waals surface area contributed by atoms with Crippen molar-refractivity contribution in [2.75, 3.05) is 0 Å². The average molecular weight is 229 g/mol. The highest BCUT2D eigenvalue weighted by atomic mass is 31.1. The molecule has 84 valence electrons. The monoisotopic (exact) mass is 229 g/mol. The third kappa shape index (κ3) is 9.54. The van der Waals surface area contributed by atoms with Gasteiger partial charge in [0, 0.05) is 4.57 Å². The second-order valence-corrected chi connectivity index (χ2v) is 3.73. The molecule has 1 rings (SSSR count). The van der Waals surface area contributed by atoms with Crippen molar-refractivity contribution in [1.82, 2.24) is 0 Å². The minimum atomic E-state index is -2.47. The van der Waals surface area contributed by atoms with E-state index in [0.717, 1.165) is 5.56 Å². The van der Waals surface area contributed by atoms with Crippen LogP contribution in [0.1, 0.15) is 32.3 Å². The smallest absolute Gasteiger partial charge is 0.133 e. The van der Waals surface area contributed by atoms with Gasteiger partial charge in [-0.25, -0.2) is 0 Å². The highest BCUT2D eigenvalue weighted by Crippen LogP contribution is 2.17. The highest BCUT2D eigenvalue weighted by Gasteiger charge is 2.10. The first kappa shape index (κ1) is 14.2. The summed E-state index contributed by atoms with van der Waals surface area (Å²) in [5.41, 5.74) is 0.893. The first-order chi connectivity index (χ1) is 7.20. The number of hydrogen-bond donors (Lipinski definition) is 1. The fourth-order valence-corrected chi connectivity index (χ4v) is 0.964. The van der Waals surface area contributed by atoms with Gasteiger partial charge in [0.2, 0.25) is 0 Å². The zero-order chi connectivity index (χ0) is 11.5. The van der Waals surface area contributed by atoms with E-state index in [2.05, 4.69) is 18.4 Å². The molecule has 0 saturated carbocycles. The summed E-state index contributed by atoms with van der Waals surface area (Å²) >= 11 is 0. The van der Waals surface area contributed by atoms with E-state index >= 15 is 0 Å². The van der Waals surface area contributed by atoms with Gasteiger partial charge in [0.1, 0.15) is 6.61 Å². The SMILES string of the molecule is CCCC.O=[P+](O)OCc1ccccc1. The summed E-state index contributed by atoms with van der Waals surface area (Å²) in [6, 6.07) is 9.24. The first-order valence-corrected chi connectivity index (χ1v) is 6.16. The van der Waals surface area contributed by atoms with Gasteiger partial charge in [-0.05, 0) is 5.56 Å². The minimum absolute atomic E-state index is 0.187. The van der Waals surface area contributed by atoms with Crippen LogP contribution < -0.4 is 0 Å². The maximum atomic E-state index is 10.1.